The summed E-state index contributed by atoms with van der Waals surface area (Å²) in [7, 11) is 0. The van der Waals surface area contributed by atoms with Crippen LogP contribution in [0.15, 0.2) is 6.07 Å². The Hall–Kier alpha value is -0.340. The predicted octanol–water partition coefficient (Wildman–Crippen LogP) is 4.28. The molecule has 0 aromatic carbocycles. The van der Waals surface area contributed by atoms with E-state index in [2.05, 4.69) is 46.0 Å². The molecule has 0 bridgehead atoms. The smallest absolute Gasteiger partial charge is 0.0302 e. The minimum Gasteiger partial charge on any atom is -0.309 e. The van der Waals surface area contributed by atoms with Gasteiger partial charge in [0, 0.05) is 22.3 Å². The van der Waals surface area contributed by atoms with Gasteiger partial charge in [-0.1, -0.05) is 20.8 Å². The number of nitrogens with one attached hydrogen (secondary N) is 1. The lowest BCUT2D eigenvalue weighted by molar-refractivity contribution is 0.362. The Morgan fingerprint density at radius 2 is 2.06 bits per heavy atom. The van der Waals surface area contributed by atoms with Crippen molar-refractivity contribution >= 4 is 11.3 Å². The molecule has 2 rings (SSSR count). The highest BCUT2D eigenvalue weighted by molar-refractivity contribution is 7.12. The lowest BCUT2D eigenvalue weighted by atomic mass is 9.91. The minimum atomic E-state index is 0.526. The van der Waals surface area contributed by atoms with Crippen LogP contribution < -0.4 is 5.32 Å². The van der Waals surface area contributed by atoms with E-state index in [0.29, 0.717) is 11.5 Å². The summed E-state index contributed by atoms with van der Waals surface area (Å²) in [6, 6.07) is 3.03. The molecule has 96 valence electrons. The molecular weight excluding hydrogens is 226 g/mol. The van der Waals surface area contributed by atoms with Crippen molar-refractivity contribution < 1.29 is 0 Å². The highest BCUT2D eigenvalue weighted by atomic mass is 32.1. The first-order valence-electron chi connectivity index (χ1n) is 6.67. The molecule has 1 aromatic rings. The van der Waals surface area contributed by atoms with Crippen molar-refractivity contribution in [1.29, 1.82) is 0 Å². The third kappa shape index (κ3) is 3.11. The second-order valence-corrected chi connectivity index (χ2v) is 7.83. The Labute approximate surface area is 110 Å². The fourth-order valence-electron chi connectivity index (χ4n) is 3.14. The largest absolute Gasteiger partial charge is 0.309 e. The molecule has 0 spiro atoms. The molecule has 0 aliphatic heterocycles. The summed E-state index contributed by atoms with van der Waals surface area (Å²) in [6.07, 6.45) is 2.67. The maximum absolute atomic E-state index is 3.75. The third-order valence-electron chi connectivity index (χ3n) is 4.09. The first-order valence-corrected chi connectivity index (χ1v) is 7.48. The van der Waals surface area contributed by atoms with Crippen LogP contribution in [-0.2, 0) is 6.54 Å². The molecule has 1 saturated carbocycles. The molecule has 0 amide bonds. The lowest BCUT2D eigenvalue weighted by Gasteiger charge is -2.18. The van der Waals surface area contributed by atoms with Gasteiger partial charge in [0.05, 0.1) is 0 Å². The van der Waals surface area contributed by atoms with Crippen molar-refractivity contribution in [1.82, 2.24) is 5.32 Å². The minimum absolute atomic E-state index is 0.526. The first-order chi connectivity index (χ1) is 7.87. The molecule has 2 unspecified atom stereocenters. The zero-order valence-corrected chi connectivity index (χ0v) is 12.6. The van der Waals surface area contributed by atoms with E-state index in [1.54, 1.807) is 0 Å². The Kier molecular flexibility index (Phi) is 3.65. The van der Waals surface area contributed by atoms with Crippen LogP contribution in [0.2, 0.25) is 0 Å². The van der Waals surface area contributed by atoms with E-state index < -0.39 is 0 Å². The zero-order chi connectivity index (χ0) is 12.6. The maximum Gasteiger partial charge on any atom is 0.0302 e. The fraction of sp³-hybridized carbons (Fsp3) is 0.733. The molecule has 0 radical (unpaired) electrons. The predicted molar refractivity (Wildman–Crippen MR) is 76.6 cm³/mol. The van der Waals surface area contributed by atoms with Crippen molar-refractivity contribution in [2.24, 2.45) is 11.3 Å². The van der Waals surface area contributed by atoms with E-state index >= 15 is 0 Å². The van der Waals surface area contributed by atoms with Gasteiger partial charge in [0.1, 0.15) is 0 Å². The van der Waals surface area contributed by atoms with Crippen LogP contribution in [0.3, 0.4) is 0 Å². The van der Waals surface area contributed by atoms with Gasteiger partial charge in [-0.25, -0.2) is 0 Å². The molecule has 1 aromatic heterocycles. The summed E-state index contributed by atoms with van der Waals surface area (Å²) in [5.41, 5.74) is 1.96. The third-order valence-corrected chi connectivity index (χ3v) is 5.24. The molecule has 0 saturated heterocycles. The molecule has 1 N–H and O–H groups in total. The van der Waals surface area contributed by atoms with Gasteiger partial charge in [-0.3, -0.25) is 0 Å². The lowest BCUT2D eigenvalue weighted by Crippen LogP contribution is -2.30. The van der Waals surface area contributed by atoms with E-state index in [0.717, 1.165) is 12.5 Å². The summed E-state index contributed by atoms with van der Waals surface area (Å²) in [5, 5.41) is 3.75. The van der Waals surface area contributed by atoms with Crippen molar-refractivity contribution in [2.45, 2.75) is 60.0 Å². The second-order valence-electron chi connectivity index (χ2n) is 6.49. The standard InChI is InChI=1S/C15H25NS/c1-10-6-13(17-12(10)3)9-16-14-8-15(4,5)7-11(14)2/h6,11,14,16H,7-9H2,1-5H3. The second kappa shape index (κ2) is 4.74. The van der Waals surface area contributed by atoms with E-state index in [9.17, 15) is 0 Å². The normalized spacial score (nSPS) is 27.6. The summed E-state index contributed by atoms with van der Waals surface area (Å²) >= 11 is 1.94. The quantitative estimate of drug-likeness (QED) is 0.845. The average molecular weight is 251 g/mol. The molecule has 1 heterocycles. The van der Waals surface area contributed by atoms with Gasteiger partial charge in [-0.2, -0.15) is 0 Å². The van der Waals surface area contributed by atoms with E-state index in [-0.39, 0.29) is 0 Å². The molecular formula is C15H25NS. The highest BCUT2D eigenvalue weighted by Gasteiger charge is 2.36. The summed E-state index contributed by atoms with van der Waals surface area (Å²) in [6.45, 7) is 12.6. The van der Waals surface area contributed by atoms with Crippen LogP contribution in [0, 0.1) is 25.2 Å². The van der Waals surface area contributed by atoms with Crippen LogP contribution in [0.4, 0.5) is 0 Å². The highest BCUT2D eigenvalue weighted by Crippen LogP contribution is 2.41. The van der Waals surface area contributed by atoms with Crippen LogP contribution in [0.5, 0.6) is 0 Å². The Bertz CT molecular complexity index is 372. The summed E-state index contributed by atoms with van der Waals surface area (Å²) in [4.78, 5) is 2.94. The molecule has 1 aliphatic rings. The van der Waals surface area contributed by atoms with Crippen LogP contribution in [0.1, 0.15) is 48.9 Å². The number of rotatable bonds is 3. The van der Waals surface area contributed by atoms with Crippen LogP contribution >= 0.6 is 11.3 Å². The Balaban J connectivity index is 1.91. The van der Waals surface area contributed by atoms with Gasteiger partial charge in [0.2, 0.25) is 0 Å². The van der Waals surface area contributed by atoms with Gasteiger partial charge >= 0.3 is 0 Å². The topological polar surface area (TPSA) is 12.0 Å². The van der Waals surface area contributed by atoms with E-state index in [1.807, 2.05) is 11.3 Å². The Morgan fingerprint density at radius 1 is 1.35 bits per heavy atom. The molecule has 1 aliphatic carbocycles. The van der Waals surface area contributed by atoms with E-state index in [4.69, 9.17) is 0 Å². The summed E-state index contributed by atoms with van der Waals surface area (Å²) in [5.74, 6) is 0.812. The van der Waals surface area contributed by atoms with Crippen molar-refractivity contribution in [3.63, 3.8) is 0 Å². The van der Waals surface area contributed by atoms with Crippen LogP contribution in [0.25, 0.3) is 0 Å². The SMILES string of the molecule is Cc1cc(CNC2CC(C)(C)CC2C)sc1C. The Morgan fingerprint density at radius 3 is 2.53 bits per heavy atom. The molecule has 1 nitrogen and oxygen atoms in total. The number of thiophene rings is 1. The van der Waals surface area contributed by atoms with Crippen molar-refractivity contribution in [3.05, 3.63) is 21.4 Å². The van der Waals surface area contributed by atoms with Crippen LogP contribution in [-0.4, -0.2) is 6.04 Å². The van der Waals surface area contributed by atoms with E-state index in [1.165, 1.54) is 28.2 Å². The molecule has 17 heavy (non-hydrogen) atoms. The molecule has 2 atom stereocenters. The van der Waals surface area contributed by atoms with Gasteiger partial charge in [-0.05, 0) is 49.7 Å². The molecule has 1 fully saturated rings. The number of aryl methyl sites for hydroxylation is 2. The van der Waals surface area contributed by atoms with Gasteiger partial charge in [-0.15, -0.1) is 11.3 Å². The number of hydrogen-bond donors (Lipinski definition) is 1. The maximum atomic E-state index is 3.75. The molecule has 2 heteroatoms. The van der Waals surface area contributed by atoms with Gasteiger partial charge < -0.3 is 5.32 Å². The van der Waals surface area contributed by atoms with Gasteiger partial charge in [0.25, 0.3) is 0 Å². The summed E-state index contributed by atoms with van der Waals surface area (Å²) < 4.78 is 0. The van der Waals surface area contributed by atoms with Gasteiger partial charge in [0.15, 0.2) is 0 Å². The monoisotopic (exact) mass is 251 g/mol. The average Bonchev–Trinajstić information content (AvgIpc) is 2.64. The number of hydrogen-bond acceptors (Lipinski definition) is 2. The zero-order valence-electron chi connectivity index (χ0n) is 11.8. The fourth-order valence-corrected chi connectivity index (χ4v) is 4.14. The first kappa shape index (κ1) is 13.1. The van der Waals surface area contributed by atoms with Crippen molar-refractivity contribution in [2.75, 3.05) is 0 Å². The van der Waals surface area contributed by atoms with Crippen molar-refractivity contribution in [3.8, 4) is 0 Å².